The van der Waals surface area contributed by atoms with Gasteiger partial charge in [-0.05, 0) is 19.4 Å². The molecule has 3 nitrogen and oxygen atoms in total. The molecule has 0 saturated carbocycles. The van der Waals surface area contributed by atoms with Gasteiger partial charge in [-0.25, -0.2) is 8.78 Å². The summed E-state index contributed by atoms with van der Waals surface area (Å²) in [6.45, 7) is 1.26. The van der Waals surface area contributed by atoms with E-state index in [-0.39, 0.29) is 37.9 Å². The average Bonchev–Trinajstić information content (AvgIpc) is 2.29. The van der Waals surface area contributed by atoms with Crippen LogP contribution in [0.3, 0.4) is 0 Å². The Labute approximate surface area is 94.2 Å². The lowest BCUT2D eigenvalue weighted by atomic mass is 10.0. The molecule has 2 heterocycles. The van der Waals surface area contributed by atoms with Crippen molar-refractivity contribution in [1.29, 1.82) is 0 Å². The third-order valence-corrected chi connectivity index (χ3v) is 3.42. The van der Waals surface area contributed by atoms with Crippen molar-refractivity contribution in [3.05, 3.63) is 0 Å². The highest BCUT2D eigenvalue weighted by Gasteiger charge is 2.37. The largest absolute Gasteiger partial charge is 0.341 e. The van der Waals surface area contributed by atoms with Crippen LogP contribution in [0.4, 0.5) is 8.78 Å². The minimum absolute atomic E-state index is 0.00944. The van der Waals surface area contributed by atoms with Crippen molar-refractivity contribution in [2.24, 2.45) is 0 Å². The first-order chi connectivity index (χ1) is 7.58. The van der Waals surface area contributed by atoms with Crippen molar-refractivity contribution in [2.45, 2.75) is 44.1 Å². The second kappa shape index (κ2) is 4.65. The van der Waals surface area contributed by atoms with E-state index in [1.165, 1.54) is 0 Å². The average molecular weight is 232 g/mol. The van der Waals surface area contributed by atoms with Gasteiger partial charge in [0.25, 0.3) is 5.92 Å². The molecule has 0 aromatic rings. The molecule has 1 amide bonds. The standard InChI is InChI=1S/C11H18F2N2O/c12-11(13)4-7-15(8-5-11)10(16)9-3-1-2-6-14-9/h9,14H,1-8H2/t9-/m0/s1. The van der Waals surface area contributed by atoms with Crippen LogP contribution in [0, 0.1) is 0 Å². The summed E-state index contributed by atoms with van der Waals surface area (Å²) in [6.07, 6.45) is 2.61. The van der Waals surface area contributed by atoms with Crippen molar-refractivity contribution in [3.63, 3.8) is 0 Å². The lowest BCUT2D eigenvalue weighted by Gasteiger charge is -2.35. The highest BCUT2D eigenvalue weighted by molar-refractivity contribution is 5.82. The molecule has 0 aliphatic carbocycles. The molecule has 0 aromatic heterocycles. The number of halogens is 2. The van der Waals surface area contributed by atoms with Crippen LogP contribution >= 0.6 is 0 Å². The lowest BCUT2D eigenvalue weighted by Crippen LogP contribution is -2.52. The predicted octanol–water partition coefficient (Wildman–Crippen LogP) is 1.39. The van der Waals surface area contributed by atoms with Gasteiger partial charge >= 0.3 is 0 Å². The topological polar surface area (TPSA) is 32.3 Å². The Bertz CT molecular complexity index is 255. The van der Waals surface area contributed by atoms with E-state index in [9.17, 15) is 13.6 Å². The van der Waals surface area contributed by atoms with Crippen molar-refractivity contribution in [3.8, 4) is 0 Å². The number of nitrogens with zero attached hydrogens (tertiary/aromatic N) is 1. The Hall–Kier alpha value is -0.710. The zero-order valence-electron chi connectivity index (χ0n) is 9.35. The first-order valence-electron chi connectivity index (χ1n) is 5.98. The number of carbonyl (C=O) groups excluding carboxylic acids is 1. The number of hydrogen-bond acceptors (Lipinski definition) is 2. The molecule has 1 atom stereocenters. The molecule has 0 spiro atoms. The normalized spacial score (nSPS) is 30.1. The molecule has 2 saturated heterocycles. The fourth-order valence-corrected chi connectivity index (χ4v) is 2.34. The van der Waals surface area contributed by atoms with Gasteiger partial charge in [-0.1, -0.05) is 6.42 Å². The molecule has 0 bridgehead atoms. The molecule has 2 rings (SSSR count). The fraction of sp³-hybridized carbons (Fsp3) is 0.909. The summed E-state index contributed by atoms with van der Waals surface area (Å²) in [7, 11) is 0. The zero-order chi connectivity index (χ0) is 11.6. The van der Waals surface area contributed by atoms with Gasteiger partial charge in [0.2, 0.25) is 5.91 Å². The Morgan fingerprint density at radius 3 is 2.50 bits per heavy atom. The third-order valence-electron chi connectivity index (χ3n) is 3.42. The monoisotopic (exact) mass is 232 g/mol. The number of amides is 1. The molecule has 2 fully saturated rings. The van der Waals surface area contributed by atoms with E-state index in [2.05, 4.69) is 5.32 Å². The van der Waals surface area contributed by atoms with Crippen LogP contribution in [0.1, 0.15) is 32.1 Å². The van der Waals surface area contributed by atoms with Crippen molar-refractivity contribution >= 4 is 5.91 Å². The van der Waals surface area contributed by atoms with Crippen molar-refractivity contribution in [2.75, 3.05) is 19.6 Å². The molecule has 92 valence electrons. The number of nitrogens with one attached hydrogen (secondary N) is 1. The first-order valence-corrected chi connectivity index (χ1v) is 5.98. The summed E-state index contributed by atoms with van der Waals surface area (Å²) in [6, 6.07) is -0.138. The van der Waals surface area contributed by atoms with Gasteiger partial charge in [0.05, 0.1) is 6.04 Å². The Kier molecular flexibility index (Phi) is 3.42. The summed E-state index contributed by atoms with van der Waals surface area (Å²) in [5.41, 5.74) is 0. The Morgan fingerprint density at radius 2 is 1.94 bits per heavy atom. The Balaban J connectivity index is 1.86. The van der Waals surface area contributed by atoms with E-state index in [4.69, 9.17) is 0 Å². The summed E-state index contributed by atoms with van der Waals surface area (Å²) in [5.74, 6) is -2.56. The predicted molar refractivity (Wildman–Crippen MR) is 56.4 cm³/mol. The highest BCUT2D eigenvalue weighted by Crippen LogP contribution is 2.28. The molecule has 1 N–H and O–H groups in total. The molecule has 2 aliphatic rings. The summed E-state index contributed by atoms with van der Waals surface area (Å²) in [5, 5.41) is 3.16. The number of piperidine rings is 2. The van der Waals surface area contributed by atoms with Crippen molar-refractivity contribution in [1.82, 2.24) is 10.2 Å². The number of hydrogen-bond donors (Lipinski definition) is 1. The number of carbonyl (C=O) groups is 1. The number of alkyl halides is 2. The van der Waals surface area contributed by atoms with E-state index in [1.54, 1.807) is 4.90 Å². The van der Waals surface area contributed by atoms with E-state index in [1.807, 2.05) is 0 Å². The molecule has 0 radical (unpaired) electrons. The van der Waals surface area contributed by atoms with Crippen molar-refractivity contribution < 1.29 is 13.6 Å². The third kappa shape index (κ3) is 2.70. The SMILES string of the molecule is O=C([C@@H]1CCCCN1)N1CCC(F)(F)CC1. The molecular weight excluding hydrogens is 214 g/mol. The van der Waals surface area contributed by atoms with E-state index < -0.39 is 5.92 Å². The maximum absolute atomic E-state index is 12.9. The minimum atomic E-state index is -2.57. The van der Waals surface area contributed by atoms with Crippen LogP contribution < -0.4 is 5.32 Å². The number of likely N-dealkylation sites (tertiary alicyclic amines) is 1. The molecule has 5 heteroatoms. The lowest BCUT2D eigenvalue weighted by molar-refractivity contribution is -0.140. The first kappa shape index (κ1) is 11.8. The molecule has 0 unspecified atom stereocenters. The van der Waals surface area contributed by atoms with Gasteiger partial charge < -0.3 is 10.2 Å². The van der Waals surface area contributed by atoms with Gasteiger partial charge in [0.1, 0.15) is 0 Å². The molecule has 0 aromatic carbocycles. The minimum Gasteiger partial charge on any atom is -0.341 e. The molecule has 16 heavy (non-hydrogen) atoms. The van der Waals surface area contributed by atoms with Gasteiger partial charge in [0.15, 0.2) is 0 Å². The van der Waals surface area contributed by atoms with Crippen LogP contribution in [0.15, 0.2) is 0 Å². The van der Waals surface area contributed by atoms with Gasteiger partial charge in [-0.3, -0.25) is 4.79 Å². The van der Waals surface area contributed by atoms with E-state index >= 15 is 0 Å². The smallest absolute Gasteiger partial charge is 0.251 e. The highest BCUT2D eigenvalue weighted by atomic mass is 19.3. The van der Waals surface area contributed by atoms with Gasteiger partial charge in [-0.15, -0.1) is 0 Å². The Morgan fingerprint density at radius 1 is 1.25 bits per heavy atom. The van der Waals surface area contributed by atoms with Gasteiger partial charge in [0, 0.05) is 25.9 Å². The summed E-state index contributed by atoms with van der Waals surface area (Å²) >= 11 is 0. The number of rotatable bonds is 1. The van der Waals surface area contributed by atoms with Crippen LogP contribution in [0.25, 0.3) is 0 Å². The molecular formula is C11H18F2N2O. The van der Waals surface area contributed by atoms with Crippen LogP contribution in [-0.2, 0) is 4.79 Å². The molecule has 2 aliphatic heterocycles. The summed E-state index contributed by atoms with van der Waals surface area (Å²) in [4.78, 5) is 13.6. The maximum atomic E-state index is 12.9. The maximum Gasteiger partial charge on any atom is 0.251 e. The summed E-state index contributed by atoms with van der Waals surface area (Å²) < 4.78 is 25.9. The quantitative estimate of drug-likeness (QED) is 0.741. The van der Waals surface area contributed by atoms with Crippen LogP contribution in [0.5, 0.6) is 0 Å². The fourth-order valence-electron chi connectivity index (χ4n) is 2.34. The van der Waals surface area contributed by atoms with Crippen LogP contribution in [0.2, 0.25) is 0 Å². The zero-order valence-corrected chi connectivity index (χ0v) is 9.35. The second-order valence-corrected chi connectivity index (χ2v) is 4.68. The second-order valence-electron chi connectivity index (χ2n) is 4.68. The van der Waals surface area contributed by atoms with E-state index in [0.29, 0.717) is 0 Å². The van der Waals surface area contributed by atoms with Crippen LogP contribution in [-0.4, -0.2) is 42.4 Å². The van der Waals surface area contributed by atoms with E-state index in [0.717, 1.165) is 25.8 Å². The van der Waals surface area contributed by atoms with Gasteiger partial charge in [-0.2, -0.15) is 0 Å².